The smallest absolute Gasteiger partial charge is 0.267 e. The molecule has 0 aliphatic heterocycles. The Morgan fingerprint density at radius 2 is 2.00 bits per heavy atom. The molecule has 0 bridgehead atoms. The Bertz CT molecular complexity index is 364. The number of rotatable bonds is 4. The second-order valence-corrected chi connectivity index (χ2v) is 3.58. The van der Waals surface area contributed by atoms with Gasteiger partial charge in [-0.1, -0.05) is 0 Å². The number of hydrogen-bond donors (Lipinski definition) is 2. The molecule has 0 saturated heterocycles. The van der Waals surface area contributed by atoms with Crippen LogP contribution in [0.3, 0.4) is 0 Å². The first-order valence-corrected chi connectivity index (χ1v) is 4.81. The van der Waals surface area contributed by atoms with E-state index in [-0.39, 0.29) is 17.7 Å². The van der Waals surface area contributed by atoms with Gasteiger partial charge < -0.3 is 14.9 Å². The van der Waals surface area contributed by atoms with E-state index in [2.05, 4.69) is 0 Å². The number of alkyl halides is 2. The van der Waals surface area contributed by atoms with Gasteiger partial charge in [-0.3, -0.25) is 0 Å². The van der Waals surface area contributed by atoms with E-state index in [0.29, 0.717) is 0 Å². The maximum atomic E-state index is 12.6. The second-order valence-electron chi connectivity index (χ2n) is 3.58. The Kier molecular flexibility index (Phi) is 4.06. The number of aliphatic hydroxyl groups excluding tert-OH is 1. The van der Waals surface area contributed by atoms with E-state index in [1.54, 1.807) is 0 Å². The van der Waals surface area contributed by atoms with Crippen molar-refractivity contribution < 1.29 is 23.7 Å². The topological polar surface area (TPSA) is 49.7 Å². The highest BCUT2D eigenvalue weighted by Gasteiger charge is 2.18. The number of ether oxygens (including phenoxy) is 1. The zero-order valence-corrected chi connectivity index (χ0v) is 9.08. The Labute approximate surface area is 92.3 Å². The minimum Gasteiger partial charge on any atom is -0.507 e. The molecule has 0 aliphatic rings. The molecule has 0 amide bonds. The van der Waals surface area contributed by atoms with Crippen LogP contribution in [0.1, 0.15) is 24.5 Å². The molecule has 1 aromatic carbocycles. The van der Waals surface area contributed by atoms with Gasteiger partial charge in [-0.25, -0.2) is 8.78 Å². The Morgan fingerprint density at radius 1 is 1.38 bits per heavy atom. The number of halogens is 2. The predicted molar refractivity (Wildman–Crippen MR) is 55.0 cm³/mol. The number of phenolic OH excluding ortho intramolecular Hbond substituents is 1. The molecule has 0 saturated carbocycles. The number of aromatic hydroxyl groups is 1. The monoisotopic (exact) mass is 232 g/mol. The standard InChI is InChI=1S/C11H14F2O3/c1-6(14)3-7-4-8(16-2)5-9(10(7)15)11(12)13/h4-6,11,14-15H,3H2,1-2H3. The molecule has 0 aliphatic carbocycles. The summed E-state index contributed by atoms with van der Waals surface area (Å²) in [6, 6.07) is 2.53. The van der Waals surface area contributed by atoms with Gasteiger partial charge in [-0.05, 0) is 19.1 Å². The minimum atomic E-state index is -2.78. The maximum Gasteiger partial charge on any atom is 0.267 e. The largest absolute Gasteiger partial charge is 0.507 e. The van der Waals surface area contributed by atoms with Gasteiger partial charge in [-0.15, -0.1) is 0 Å². The zero-order chi connectivity index (χ0) is 12.3. The van der Waals surface area contributed by atoms with Gasteiger partial charge in [0.2, 0.25) is 0 Å². The molecule has 1 atom stereocenters. The fourth-order valence-electron chi connectivity index (χ4n) is 1.45. The van der Waals surface area contributed by atoms with Crippen molar-refractivity contribution in [1.29, 1.82) is 0 Å². The van der Waals surface area contributed by atoms with Crippen LogP contribution in [-0.2, 0) is 6.42 Å². The van der Waals surface area contributed by atoms with Crippen LogP contribution in [-0.4, -0.2) is 23.4 Å². The normalized spacial score (nSPS) is 12.9. The van der Waals surface area contributed by atoms with Crippen molar-refractivity contribution in [2.24, 2.45) is 0 Å². The molecular formula is C11H14F2O3. The van der Waals surface area contributed by atoms with E-state index in [1.807, 2.05) is 0 Å². The van der Waals surface area contributed by atoms with E-state index in [0.717, 1.165) is 6.07 Å². The first-order chi connectivity index (χ1) is 7.45. The second kappa shape index (κ2) is 5.12. The van der Waals surface area contributed by atoms with Gasteiger partial charge >= 0.3 is 0 Å². The van der Waals surface area contributed by atoms with Crippen molar-refractivity contribution in [3.05, 3.63) is 23.3 Å². The lowest BCUT2D eigenvalue weighted by Crippen LogP contribution is -2.05. The average Bonchev–Trinajstić information content (AvgIpc) is 2.19. The highest BCUT2D eigenvalue weighted by atomic mass is 19.3. The first kappa shape index (κ1) is 12.7. The van der Waals surface area contributed by atoms with Crippen LogP contribution in [0.15, 0.2) is 12.1 Å². The summed E-state index contributed by atoms with van der Waals surface area (Å²) in [5.41, 5.74) is -0.223. The molecule has 0 heterocycles. The van der Waals surface area contributed by atoms with Crippen LogP contribution in [0.5, 0.6) is 11.5 Å². The molecule has 90 valence electrons. The molecule has 0 fully saturated rings. The molecule has 0 radical (unpaired) electrons. The highest BCUT2D eigenvalue weighted by Crippen LogP contribution is 2.35. The number of aliphatic hydroxyl groups is 1. The Balaban J connectivity index is 3.20. The SMILES string of the molecule is COc1cc(CC(C)O)c(O)c(C(F)F)c1. The fourth-order valence-corrected chi connectivity index (χ4v) is 1.45. The predicted octanol–water partition coefficient (Wildman–Crippen LogP) is 2.26. The molecule has 3 nitrogen and oxygen atoms in total. The lowest BCUT2D eigenvalue weighted by atomic mass is 10.0. The lowest BCUT2D eigenvalue weighted by Gasteiger charge is -2.13. The summed E-state index contributed by atoms with van der Waals surface area (Å²) < 4.78 is 30.0. The van der Waals surface area contributed by atoms with Crippen molar-refractivity contribution in [3.63, 3.8) is 0 Å². The van der Waals surface area contributed by atoms with Gasteiger partial charge in [0.25, 0.3) is 6.43 Å². The van der Waals surface area contributed by atoms with Crippen molar-refractivity contribution >= 4 is 0 Å². The summed E-state index contributed by atoms with van der Waals surface area (Å²) in [5.74, 6) is -0.236. The van der Waals surface area contributed by atoms with Gasteiger partial charge in [-0.2, -0.15) is 0 Å². The van der Waals surface area contributed by atoms with Gasteiger partial charge in [0.1, 0.15) is 11.5 Å². The third-order valence-electron chi connectivity index (χ3n) is 2.18. The quantitative estimate of drug-likeness (QED) is 0.837. The molecular weight excluding hydrogens is 218 g/mol. The average molecular weight is 232 g/mol. The van der Waals surface area contributed by atoms with E-state index < -0.39 is 23.8 Å². The number of methoxy groups -OCH3 is 1. The summed E-state index contributed by atoms with van der Waals surface area (Å²) in [5, 5.41) is 18.8. The van der Waals surface area contributed by atoms with E-state index in [1.165, 1.54) is 20.1 Å². The molecule has 2 N–H and O–H groups in total. The zero-order valence-electron chi connectivity index (χ0n) is 9.08. The van der Waals surface area contributed by atoms with Crippen molar-refractivity contribution in [2.45, 2.75) is 25.9 Å². The van der Waals surface area contributed by atoms with E-state index >= 15 is 0 Å². The van der Waals surface area contributed by atoms with Crippen molar-refractivity contribution in [3.8, 4) is 11.5 Å². The van der Waals surface area contributed by atoms with Crippen molar-refractivity contribution in [1.82, 2.24) is 0 Å². The minimum absolute atomic E-state index is 0.1000. The van der Waals surface area contributed by atoms with Crippen LogP contribution in [0, 0.1) is 0 Å². The fraction of sp³-hybridized carbons (Fsp3) is 0.455. The maximum absolute atomic E-state index is 12.6. The lowest BCUT2D eigenvalue weighted by molar-refractivity contribution is 0.146. The van der Waals surface area contributed by atoms with Crippen LogP contribution in [0.25, 0.3) is 0 Å². The number of benzene rings is 1. The molecule has 16 heavy (non-hydrogen) atoms. The van der Waals surface area contributed by atoms with Crippen LogP contribution < -0.4 is 4.74 Å². The molecule has 0 spiro atoms. The van der Waals surface area contributed by atoms with E-state index in [4.69, 9.17) is 4.74 Å². The summed E-state index contributed by atoms with van der Waals surface area (Å²) in [6.07, 6.45) is -3.39. The van der Waals surface area contributed by atoms with Crippen LogP contribution in [0.4, 0.5) is 8.78 Å². The Morgan fingerprint density at radius 3 is 2.44 bits per heavy atom. The third kappa shape index (κ3) is 2.82. The summed E-state index contributed by atoms with van der Waals surface area (Å²) in [4.78, 5) is 0. The molecule has 1 unspecified atom stereocenters. The van der Waals surface area contributed by atoms with Gasteiger partial charge in [0.05, 0.1) is 18.8 Å². The number of phenols is 1. The van der Waals surface area contributed by atoms with Gasteiger partial charge in [0.15, 0.2) is 0 Å². The molecule has 5 heteroatoms. The molecule has 0 aromatic heterocycles. The third-order valence-corrected chi connectivity index (χ3v) is 2.18. The summed E-state index contributed by atoms with van der Waals surface area (Å²) in [6.45, 7) is 1.51. The Hall–Kier alpha value is -1.36. The molecule has 1 rings (SSSR count). The van der Waals surface area contributed by atoms with Gasteiger partial charge in [0, 0.05) is 12.0 Å². The van der Waals surface area contributed by atoms with Crippen LogP contribution in [0.2, 0.25) is 0 Å². The summed E-state index contributed by atoms with van der Waals surface area (Å²) >= 11 is 0. The molecule has 1 aromatic rings. The highest BCUT2D eigenvalue weighted by molar-refractivity contribution is 5.47. The first-order valence-electron chi connectivity index (χ1n) is 4.81. The summed E-state index contributed by atoms with van der Waals surface area (Å²) in [7, 11) is 1.35. The van der Waals surface area contributed by atoms with Crippen LogP contribution >= 0.6 is 0 Å². The van der Waals surface area contributed by atoms with Crippen molar-refractivity contribution in [2.75, 3.05) is 7.11 Å². The van der Waals surface area contributed by atoms with E-state index in [9.17, 15) is 19.0 Å². The number of hydrogen-bond acceptors (Lipinski definition) is 3.